The van der Waals surface area contributed by atoms with Crippen molar-refractivity contribution in [1.82, 2.24) is 10.6 Å². The molecular formula is C20H30N2O6. The summed E-state index contributed by atoms with van der Waals surface area (Å²) in [6, 6.07) is 6.80. The van der Waals surface area contributed by atoms with E-state index in [1.165, 1.54) is 0 Å². The number of benzene rings is 1. The Bertz CT molecular complexity index is 703. The van der Waals surface area contributed by atoms with Gasteiger partial charge in [-0.25, -0.2) is 9.59 Å². The molecule has 1 aromatic rings. The molecule has 8 nitrogen and oxygen atoms in total. The topological polar surface area (TPSA) is 114 Å². The lowest BCUT2D eigenvalue weighted by Crippen LogP contribution is -2.36. The first-order chi connectivity index (χ1) is 12.8. The molecule has 3 N–H and O–H groups in total. The maximum atomic E-state index is 11.8. The number of carboxylic acid groups (broad SMARTS) is 1. The normalized spacial score (nSPS) is 12.6. The van der Waals surface area contributed by atoms with Crippen molar-refractivity contribution >= 4 is 18.2 Å². The number of hydrogen-bond acceptors (Lipinski definition) is 5. The van der Waals surface area contributed by atoms with E-state index < -0.39 is 35.3 Å². The quantitative estimate of drug-likeness (QED) is 0.681. The van der Waals surface area contributed by atoms with Crippen molar-refractivity contribution in [3.8, 4) is 0 Å². The van der Waals surface area contributed by atoms with E-state index in [1.807, 2.05) is 0 Å². The first kappa shape index (κ1) is 23.3. The molecule has 1 rings (SSSR count). The summed E-state index contributed by atoms with van der Waals surface area (Å²) in [4.78, 5) is 35.2. The summed E-state index contributed by atoms with van der Waals surface area (Å²) in [5, 5.41) is 14.6. The predicted molar refractivity (Wildman–Crippen MR) is 104 cm³/mol. The summed E-state index contributed by atoms with van der Waals surface area (Å²) in [7, 11) is 0. The Morgan fingerprint density at radius 2 is 1.50 bits per heavy atom. The Morgan fingerprint density at radius 1 is 0.964 bits per heavy atom. The van der Waals surface area contributed by atoms with Gasteiger partial charge in [0.15, 0.2) is 0 Å². The fraction of sp³-hybridized carbons (Fsp3) is 0.550. The molecule has 28 heavy (non-hydrogen) atoms. The SMILES string of the molecule is CC(C)(C)OC(=O)NCc1cccc(C(CNC(=O)OC(C)(C)C)C(=O)O)c1. The maximum absolute atomic E-state index is 11.8. The minimum Gasteiger partial charge on any atom is -0.481 e. The van der Waals surface area contributed by atoms with Gasteiger partial charge in [0.05, 0.1) is 5.92 Å². The molecule has 0 aliphatic carbocycles. The average Bonchev–Trinajstić information content (AvgIpc) is 2.50. The maximum Gasteiger partial charge on any atom is 0.407 e. The first-order valence-electron chi connectivity index (χ1n) is 9.02. The number of amides is 2. The van der Waals surface area contributed by atoms with E-state index in [9.17, 15) is 19.5 Å². The van der Waals surface area contributed by atoms with E-state index in [-0.39, 0.29) is 13.1 Å². The third-order valence-electron chi connectivity index (χ3n) is 3.34. The lowest BCUT2D eigenvalue weighted by atomic mass is 9.97. The zero-order valence-corrected chi connectivity index (χ0v) is 17.3. The second-order valence-electron chi connectivity index (χ2n) is 8.37. The van der Waals surface area contributed by atoms with Crippen LogP contribution in [0.15, 0.2) is 24.3 Å². The highest BCUT2D eigenvalue weighted by molar-refractivity contribution is 5.78. The van der Waals surface area contributed by atoms with Crippen LogP contribution >= 0.6 is 0 Å². The number of carbonyl (C=O) groups is 3. The van der Waals surface area contributed by atoms with Gasteiger partial charge < -0.3 is 25.2 Å². The first-order valence-corrected chi connectivity index (χ1v) is 9.02. The molecule has 0 aromatic heterocycles. The molecule has 0 spiro atoms. The van der Waals surface area contributed by atoms with Crippen LogP contribution in [-0.2, 0) is 20.8 Å². The highest BCUT2D eigenvalue weighted by Crippen LogP contribution is 2.18. The van der Waals surface area contributed by atoms with Crippen LogP contribution < -0.4 is 10.6 Å². The van der Waals surface area contributed by atoms with Gasteiger partial charge in [0.25, 0.3) is 0 Å². The van der Waals surface area contributed by atoms with Gasteiger partial charge in [-0.15, -0.1) is 0 Å². The minimum atomic E-state index is -1.08. The number of hydrogen-bond donors (Lipinski definition) is 3. The Labute approximate surface area is 165 Å². The third kappa shape index (κ3) is 9.25. The number of nitrogens with one attached hydrogen (secondary N) is 2. The van der Waals surface area contributed by atoms with Crippen LogP contribution in [0.2, 0.25) is 0 Å². The Balaban J connectivity index is 2.75. The van der Waals surface area contributed by atoms with Crippen LogP contribution in [0, 0.1) is 0 Å². The Hall–Kier alpha value is -2.77. The minimum absolute atomic E-state index is 0.118. The second-order valence-corrected chi connectivity index (χ2v) is 8.37. The molecule has 2 amide bonds. The number of rotatable bonds is 6. The average molecular weight is 394 g/mol. The molecule has 1 aromatic carbocycles. The van der Waals surface area contributed by atoms with Gasteiger partial charge in [-0.1, -0.05) is 24.3 Å². The number of ether oxygens (including phenoxy) is 2. The van der Waals surface area contributed by atoms with Gasteiger partial charge in [-0.3, -0.25) is 4.79 Å². The van der Waals surface area contributed by atoms with Crippen LogP contribution in [0.1, 0.15) is 58.6 Å². The molecule has 8 heteroatoms. The lowest BCUT2D eigenvalue weighted by Gasteiger charge is -2.21. The standard InChI is InChI=1S/C20H30N2O6/c1-19(2,3)27-17(25)21-11-13-8-7-9-14(10-13)15(16(23)24)12-22-18(26)28-20(4,5)6/h7-10,15H,11-12H2,1-6H3,(H,21,25)(H,22,26)(H,23,24). The van der Waals surface area contributed by atoms with Crippen molar-refractivity contribution < 1.29 is 29.0 Å². The summed E-state index contributed by atoms with van der Waals surface area (Å²) in [5.74, 6) is -2.03. The monoisotopic (exact) mass is 394 g/mol. The fourth-order valence-electron chi connectivity index (χ4n) is 2.26. The number of aliphatic carboxylic acids is 1. The zero-order chi connectivity index (χ0) is 21.5. The molecule has 0 fully saturated rings. The summed E-state index contributed by atoms with van der Waals surface area (Å²) < 4.78 is 10.3. The highest BCUT2D eigenvalue weighted by Gasteiger charge is 2.23. The number of alkyl carbamates (subject to hydrolysis) is 2. The molecule has 0 heterocycles. The smallest absolute Gasteiger partial charge is 0.407 e. The van der Waals surface area contributed by atoms with Crippen LogP contribution in [0.25, 0.3) is 0 Å². The molecule has 0 aliphatic rings. The molecule has 1 unspecified atom stereocenters. The molecule has 0 saturated heterocycles. The van der Waals surface area contributed by atoms with Crippen LogP contribution in [0.5, 0.6) is 0 Å². The van der Waals surface area contributed by atoms with Gasteiger partial charge in [-0.2, -0.15) is 0 Å². The summed E-state index contributed by atoms with van der Waals surface area (Å²) in [5.41, 5.74) is -0.0529. The Kier molecular flexibility index (Phi) is 7.84. The van der Waals surface area contributed by atoms with E-state index in [1.54, 1.807) is 65.8 Å². The number of carbonyl (C=O) groups excluding carboxylic acids is 2. The fourth-order valence-corrected chi connectivity index (χ4v) is 2.26. The molecule has 0 radical (unpaired) electrons. The lowest BCUT2D eigenvalue weighted by molar-refractivity contribution is -0.138. The molecular weight excluding hydrogens is 364 g/mol. The van der Waals surface area contributed by atoms with E-state index in [0.717, 1.165) is 0 Å². The van der Waals surface area contributed by atoms with E-state index in [0.29, 0.717) is 11.1 Å². The van der Waals surface area contributed by atoms with Gasteiger partial charge in [-0.05, 0) is 52.7 Å². The zero-order valence-electron chi connectivity index (χ0n) is 17.3. The van der Waals surface area contributed by atoms with E-state index in [2.05, 4.69) is 10.6 Å². The van der Waals surface area contributed by atoms with E-state index in [4.69, 9.17) is 9.47 Å². The second kappa shape index (κ2) is 9.43. The summed E-state index contributed by atoms with van der Waals surface area (Å²) in [6.45, 7) is 10.5. The molecule has 0 saturated carbocycles. The highest BCUT2D eigenvalue weighted by atomic mass is 16.6. The van der Waals surface area contributed by atoms with Crippen molar-refractivity contribution in [2.24, 2.45) is 0 Å². The number of carboxylic acids is 1. The summed E-state index contributed by atoms with van der Waals surface area (Å²) >= 11 is 0. The van der Waals surface area contributed by atoms with E-state index >= 15 is 0 Å². The molecule has 156 valence electrons. The van der Waals surface area contributed by atoms with Crippen LogP contribution in [0.4, 0.5) is 9.59 Å². The van der Waals surface area contributed by atoms with Crippen molar-refractivity contribution in [3.63, 3.8) is 0 Å². The van der Waals surface area contributed by atoms with Crippen LogP contribution in [-0.4, -0.2) is 41.0 Å². The van der Waals surface area contributed by atoms with Crippen LogP contribution in [0.3, 0.4) is 0 Å². The molecule has 1 atom stereocenters. The van der Waals surface area contributed by atoms with Crippen molar-refractivity contribution in [1.29, 1.82) is 0 Å². The van der Waals surface area contributed by atoms with Gasteiger partial charge >= 0.3 is 18.2 Å². The summed E-state index contributed by atoms with van der Waals surface area (Å²) in [6.07, 6.45) is -1.24. The molecule has 0 bridgehead atoms. The third-order valence-corrected chi connectivity index (χ3v) is 3.34. The van der Waals surface area contributed by atoms with Crippen molar-refractivity contribution in [2.45, 2.75) is 65.2 Å². The van der Waals surface area contributed by atoms with Crippen molar-refractivity contribution in [2.75, 3.05) is 6.54 Å². The predicted octanol–water partition coefficient (Wildman–Crippen LogP) is 3.40. The van der Waals surface area contributed by atoms with Crippen molar-refractivity contribution in [3.05, 3.63) is 35.4 Å². The Morgan fingerprint density at radius 3 is 2.00 bits per heavy atom. The van der Waals surface area contributed by atoms with Gasteiger partial charge in [0.2, 0.25) is 0 Å². The largest absolute Gasteiger partial charge is 0.481 e. The van der Waals surface area contributed by atoms with Gasteiger partial charge in [0.1, 0.15) is 11.2 Å². The van der Waals surface area contributed by atoms with Gasteiger partial charge in [0, 0.05) is 13.1 Å². The molecule has 0 aliphatic heterocycles.